The summed E-state index contributed by atoms with van der Waals surface area (Å²) in [4.78, 5) is 28.2. The van der Waals surface area contributed by atoms with E-state index in [1.165, 1.54) is 17.1 Å². The van der Waals surface area contributed by atoms with E-state index in [2.05, 4.69) is 26.9 Å². The average molecular weight is 475 g/mol. The molecule has 1 fully saturated rings. The molecule has 3 aromatic carbocycles. The Hall–Kier alpha value is -3.13. The molecule has 0 bridgehead atoms. The van der Waals surface area contributed by atoms with Gasteiger partial charge in [-0.2, -0.15) is 11.8 Å². The lowest BCUT2D eigenvalue weighted by atomic mass is 10.1. The number of hydrogen-bond donors (Lipinski definition) is 3. The lowest BCUT2D eigenvalue weighted by molar-refractivity contribution is -0.119. The van der Waals surface area contributed by atoms with E-state index in [4.69, 9.17) is 0 Å². The van der Waals surface area contributed by atoms with Crippen LogP contribution in [0.25, 0.3) is 0 Å². The maximum atomic E-state index is 13.0. The lowest BCUT2D eigenvalue weighted by Crippen LogP contribution is -2.37. The standard InChI is InChI=1S/C27H30N4O2S/c32-25(29-24-13-7-8-21(18-24)20-31-14-16-34-17-15-31)19-28-26(22-9-3-1-4-10-22)27(33)30-23-11-5-2-6-12-23/h1-13,18,26,28H,14-17,19-20H2,(H,29,32)(H,30,33). The van der Waals surface area contributed by atoms with Crippen LogP contribution in [-0.4, -0.2) is 47.9 Å². The van der Waals surface area contributed by atoms with Gasteiger partial charge in [-0.25, -0.2) is 0 Å². The Morgan fingerprint density at radius 3 is 2.24 bits per heavy atom. The first kappa shape index (κ1) is 24.0. The zero-order chi connectivity index (χ0) is 23.6. The minimum atomic E-state index is -0.657. The lowest BCUT2D eigenvalue weighted by Gasteiger charge is -2.26. The highest BCUT2D eigenvalue weighted by atomic mass is 32.2. The van der Waals surface area contributed by atoms with Gasteiger partial charge >= 0.3 is 0 Å². The number of rotatable bonds is 9. The monoisotopic (exact) mass is 474 g/mol. The second-order valence-corrected chi connectivity index (χ2v) is 9.44. The average Bonchev–Trinajstić information content (AvgIpc) is 2.86. The minimum Gasteiger partial charge on any atom is -0.325 e. The summed E-state index contributed by atoms with van der Waals surface area (Å²) in [5.74, 6) is 1.93. The van der Waals surface area contributed by atoms with E-state index in [0.717, 1.165) is 30.9 Å². The maximum absolute atomic E-state index is 13.0. The van der Waals surface area contributed by atoms with Crippen LogP contribution >= 0.6 is 11.8 Å². The molecule has 0 aliphatic carbocycles. The van der Waals surface area contributed by atoms with E-state index in [1.807, 2.05) is 90.6 Å². The Bertz CT molecular complexity index is 1070. The van der Waals surface area contributed by atoms with Gasteiger partial charge in [0.05, 0.1) is 6.54 Å². The molecule has 1 heterocycles. The molecule has 0 spiro atoms. The van der Waals surface area contributed by atoms with Crippen molar-refractivity contribution < 1.29 is 9.59 Å². The smallest absolute Gasteiger partial charge is 0.246 e. The fourth-order valence-electron chi connectivity index (χ4n) is 3.91. The van der Waals surface area contributed by atoms with Crippen molar-refractivity contribution in [2.24, 2.45) is 0 Å². The van der Waals surface area contributed by atoms with Gasteiger partial charge < -0.3 is 10.6 Å². The minimum absolute atomic E-state index is 0.00927. The summed E-state index contributed by atoms with van der Waals surface area (Å²) in [6.07, 6.45) is 0. The largest absolute Gasteiger partial charge is 0.325 e. The quantitative estimate of drug-likeness (QED) is 0.435. The van der Waals surface area contributed by atoms with Crippen LogP contribution in [0.3, 0.4) is 0 Å². The van der Waals surface area contributed by atoms with E-state index in [-0.39, 0.29) is 18.4 Å². The van der Waals surface area contributed by atoms with Gasteiger partial charge in [-0.3, -0.25) is 19.8 Å². The van der Waals surface area contributed by atoms with Gasteiger partial charge in [0.25, 0.3) is 0 Å². The van der Waals surface area contributed by atoms with Gasteiger partial charge in [0, 0.05) is 42.5 Å². The molecule has 2 amide bonds. The highest BCUT2D eigenvalue weighted by Crippen LogP contribution is 2.18. The Morgan fingerprint density at radius 2 is 1.50 bits per heavy atom. The molecule has 1 atom stereocenters. The van der Waals surface area contributed by atoms with Gasteiger partial charge in [-0.05, 0) is 35.4 Å². The Labute approximate surface area is 205 Å². The molecule has 0 radical (unpaired) electrons. The molecule has 3 N–H and O–H groups in total. The summed E-state index contributed by atoms with van der Waals surface area (Å²) in [7, 11) is 0. The highest BCUT2D eigenvalue weighted by Gasteiger charge is 2.21. The molecule has 34 heavy (non-hydrogen) atoms. The number of hydrogen-bond acceptors (Lipinski definition) is 5. The van der Waals surface area contributed by atoms with E-state index < -0.39 is 6.04 Å². The van der Waals surface area contributed by atoms with Crippen LogP contribution in [-0.2, 0) is 16.1 Å². The summed E-state index contributed by atoms with van der Waals surface area (Å²) in [5.41, 5.74) is 3.46. The van der Waals surface area contributed by atoms with Crippen molar-refractivity contribution in [1.29, 1.82) is 0 Å². The molecule has 1 aliphatic heterocycles. The number of thioether (sulfide) groups is 1. The van der Waals surface area contributed by atoms with Crippen molar-refractivity contribution in [1.82, 2.24) is 10.2 Å². The van der Waals surface area contributed by atoms with Crippen LogP contribution in [0.2, 0.25) is 0 Å². The van der Waals surface area contributed by atoms with Crippen molar-refractivity contribution in [3.05, 3.63) is 96.1 Å². The fraction of sp³-hybridized carbons (Fsp3) is 0.259. The first-order valence-corrected chi connectivity index (χ1v) is 12.7. The first-order valence-electron chi connectivity index (χ1n) is 11.5. The molecule has 1 saturated heterocycles. The van der Waals surface area contributed by atoms with Crippen LogP contribution in [0, 0.1) is 0 Å². The van der Waals surface area contributed by atoms with Crippen molar-refractivity contribution in [2.45, 2.75) is 12.6 Å². The second kappa shape index (κ2) is 12.4. The summed E-state index contributed by atoms with van der Waals surface area (Å²) < 4.78 is 0. The number of nitrogens with zero attached hydrogens (tertiary/aromatic N) is 1. The van der Waals surface area contributed by atoms with Crippen LogP contribution in [0.5, 0.6) is 0 Å². The van der Waals surface area contributed by atoms with Crippen molar-refractivity contribution in [3.63, 3.8) is 0 Å². The number of para-hydroxylation sites is 1. The van der Waals surface area contributed by atoms with Crippen LogP contribution in [0.15, 0.2) is 84.9 Å². The highest BCUT2D eigenvalue weighted by molar-refractivity contribution is 7.99. The molecule has 0 saturated carbocycles. The molecule has 176 valence electrons. The number of anilines is 2. The fourth-order valence-corrected chi connectivity index (χ4v) is 4.89. The number of carbonyl (C=O) groups excluding carboxylic acids is 2. The Kier molecular flexibility index (Phi) is 8.73. The zero-order valence-electron chi connectivity index (χ0n) is 19.1. The van der Waals surface area contributed by atoms with Crippen LogP contribution in [0.4, 0.5) is 11.4 Å². The third-order valence-corrected chi connectivity index (χ3v) is 6.57. The third kappa shape index (κ3) is 7.18. The van der Waals surface area contributed by atoms with E-state index >= 15 is 0 Å². The predicted molar refractivity (Wildman–Crippen MR) is 140 cm³/mol. The molecule has 4 rings (SSSR count). The van der Waals surface area contributed by atoms with Gasteiger partial charge in [0.15, 0.2) is 0 Å². The second-order valence-electron chi connectivity index (χ2n) is 8.22. The molecule has 1 aliphatic rings. The number of amides is 2. The number of carbonyl (C=O) groups is 2. The number of nitrogens with one attached hydrogen (secondary N) is 3. The summed E-state index contributed by atoms with van der Waals surface area (Å²) in [6, 6.07) is 26.0. The molecular formula is C27H30N4O2S. The summed E-state index contributed by atoms with van der Waals surface area (Å²) in [6.45, 7) is 3.09. The van der Waals surface area contributed by atoms with Gasteiger partial charge in [0.2, 0.25) is 11.8 Å². The van der Waals surface area contributed by atoms with Gasteiger partial charge in [-0.1, -0.05) is 60.7 Å². The van der Waals surface area contributed by atoms with Crippen LogP contribution < -0.4 is 16.0 Å². The Morgan fingerprint density at radius 1 is 0.824 bits per heavy atom. The normalized spacial score (nSPS) is 14.8. The van der Waals surface area contributed by atoms with E-state index in [1.54, 1.807) is 0 Å². The van der Waals surface area contributed by atoms with Gasteiger partial charge in [0.1, 0.15) is 6.04 Å². The van der Waals surface area contributed by atoms with Crippen LogP contribution in [0.1, 0.15) is 17.2 Å². The Balaban J connectivity index is 1.36. The molecule has 6 nitrogen and oxygen atoms in total. The zero-order valence-corrected chi connectivity index (χ0v) is 19.9. The van der Waals surface area contributed by atoms with Gasteiger partial charge in [-0.15, -0.1) is 0 Å². The SMILES string of the molecule is O=C(CNC(C(=O)Nc1ccccc1)c1ccccc1)Nc1cccc(CN2CCSCC2)c1. The molecule has 7 heteroatoms. The van der Waals surface area contributed by atoms with Crippen molar-refractivity contribution in [3.8, 4) is 0 Å². The predicted octanol–water partition coefficient (Wildman–Crippen LogP) is 4.14. The summed E-state index contributed by atoms with van der Waals surface area (Å²) in [5, 5.41) is 9.00. The third-order valence-electron chi connectivity index (χ3n) is 5.62. The molecule has 3 aromatic rings. The maximum Gasteiger partial charge on any atom is 0.246 e. The topological polar surface area (TPSA) is 73.5 Å². The van der Waals surface area contributed by atoms with E-state index in [0.29, 0.717) is 5.69 Å². The first-order chi connectivity index (χ1) is 16.7. The number of benzene rings is 3. The molecule has 0 aromatic heterocycles. The van der Waals surface area contributed by atoms with E-state index in [9.17, 15) is 9.59 Å². The molecular weight excluding hydrogens is 444 g/mol. The van der Waals surface area contributed by atoms with Crippen molar-refractivity contribution in [2.75, 3.05) is 41.8 Å². The molecule has 1 unspecified atom stereocenters. The summed E-state index contributed by atoms with van der Waals surface area (Å²) >= 11 is 2.00. The van der Waals surface area contributed by atoms with Crippen molar-refractivity contribution >= 4 is 35.0 Å².